The van der Waals surface area contributed by atoms with E-state index in [1.807, 2.05) is 13.2 Å². The van der Waals surface area contributed by atoms with Crippen molar-refractivity contribution in [2.45, 2.75) is 18.0 Å². The average molecular weight is 249 g/mol. The quantitative estimate of drug-likeness (QED) is 0.352. The summed E-state index contributed by atoms with van der Waals surface area (Å²) in [6, 6.07) is 0. The third-order valence-corrected chi connectivity index (χ3v) is 2.95. The molecule has 0 saturated heterocycles. The number of nitrogens with zero attached hydrogens (tertiary/aromatic N) is 2. The molecule has 0 N–H and O–H groups in total. The van der Waals surface area contributed by atoms with Crippen LogP contribution < -0.4 is 0 Å². The number of hydrogen-bond donors (Lipinski definition) is 0. The molecular weight excluding hydrogens is 239 g/mol. The lowest BCUT2D eigenvalue weighted by Crippen LogP contribution is -1.98. The van der Waals surface area contributed by atoms with Crippen molar-refractivity contribution in [1.82, 2.24) is 9.97 Å². The van der Waals surface area contributed by atoms with Crippen molar-refractivity contribution in [1.29, 1.82) is 0 Å². The first-order valence-electron chi connectivity index (χ1n) is 3.99. The fourth-order valence-corrected chi connectivity index (χ4v) is 2.18. The fraction of sp³-hybridized carbons (Fsp3) is 0.333. The molecule has 0 aliphatic carbocycles. The standard InChI is InChI=1S/C9H10Cl2N2S/c1-4-5(2)6-7(10)12-9(14-3)13-8(6)11/h4-5H,1H2,2-3H3. The van der Waals surface area contributed by atoms with Crippen LogP contribution in [0.2, 0.25) is 10.3 Å². The third-order valence-electron chi connectivity index (χ3n) is 1.82. The normalized spacial score (nSPS) is 12.6. The van der Waals surface area contributed by atoms with E-state index in [1.165, 1.54) is 11.8 Å². The molecule has 0 aromatic carbocycles. The van der Waals surface area contributed by atoms with Crippen LogP contribution in [0.5, 0.6) is 0 Å². The van der Waals surface area contributed by atoms with E-state index in [4.69, 9.17) is 23.2 Å². The Morgan fingerprint density at radius 3 is 2.21 bits per heavy atom. The van der Waals surface area contributed by atoms with Crippen molar-refractivity contribution in [2.75, 3.05) is 6.26 Å². The Balaban J connectivity index is 3.24. The van der Waals surface area contributed by atoms with Crippen LogP contribution in [0.3, 0.4) is 0 Å². The van der Waals surface area contributed by atoms with Gasteiger partial charge in [0, 0.05) is 11.5 Å². The van der Waals surface area contributed by atoms with E-state index in [2.05, 4.69) is 16.5 Å². The highest BCUT2D eigenvalue weighted by Gasteiger charge is 2.15. The monoisotopic (exact) mass is 248 g/mol. The second-order valence-corrected chi connectivity index (χ2v) is 4.22. The van der Waals surface area contributed by atoms with Crippen LogP contribution >= 0.6 is 35.0 Å². The van der Waals surface area contributed by atoms with Crippen LogP contribution in [-0.2, 0) is 0 Å². The molecule has 1 heterocycles. The summed E-state index contributed by atoms with van der Waals surface area (Å²) < 4.78 is 0. The second-order valence-electron chi connectivity index (χ2n) is 2.73. The van der Waals surface area contributed by atoms with E-state index in [1.54, 1.807) is 6.08 Å². The van der Waals surface area contributed by atoms with E-state index in [0.29, 0.717) is 15.5 Å². The zero-order valence-corrected chi connectivity index (χ0v) is 10.2. The van der Waals surface area contributed by atoms with Gasteiger partial charge in [0.1, 0.15) is 10.3 Å². The number of allylic oxidation sites excluding steroid dienone is 1. The fourth-order valence-electron chi connectivity index (χ4n) is 0.983. The SMILES string of the molecule is C=CC(C)c1c(Cl)nc(SC)nc1Cl. The van der Waals surface area contributed by atoms with E-state index in [9.17, 15) is 0 Å². The lowest BCUT2D eigenvalue weighted by Gasteiger charge is -2.10. The molecule has 0 saturated carbocycles. The molecule has 5 heteroatoms. The summed E-state index contributed by atoms with van der Waals surface area (Å²) in [4.78, 5) is 8.21. The molecule has 76 valence electrons. The highest BCUT2D eigenvalue weighted by molar-refractivity contribution is 7.98. The van der Waals surface area contributed by atoms with Crippen LogP contribution in [-0.4, -0.2) is 16.2 Å². The molecular formula is C9H10Cl2N2S. The van der Waals surface area contributed by atoms with Crippen LogP contribution in [0, 0.1) is 0 Å². The summed E-state index contributed by atoms with van der Waals surface area (Å²) >= 11 is 13.4. The Kier molecular flexibility index (Phi) is 4.23. The molecule has 0 radical (unpaired) electrons. The highest BCUT2D eigenvalue weighted by Crippen LogP contribution is 2.30. The largest absolute Gasteiger partial charge is 0.210 e. The van der Waals surface area contributed by atoms with Crippen molar-refractivity contribution in [3.8, 4) is 0 Å². The molecule has 1 atom stereocenters. The summed E-state index contributed by atoms with van der Waals surface area (Å²) in [7, 11) is 0. The predicted octanol–water partition coefficient (Wildman–Crippen LogP) is 3.79. The molecule has 0 fully saturated rings. The predicted molar refractivity (Wildman–Crippen MR) is 62.4 cm³/mol. The second kappa shape index (κ2) is 5.01. The maximum atomic E-state index is 5.99. The highest BCUT2D eigenvalue weighted by atomic mass is 35.5. The molecule has 1 aromatic heterocycles. The molecule has 0 spiro atoms. The first-order valence-corrected chi connectivity index (χ1v) is 5.97. The summed E-state index contributed by atoms with van der Waals surface area (Å²) in [5.41, 5.74) is 0.737. The van der Waals surface area contributed by atoms with Crippen molar-refractivity contribution in [2.24, 2.45) is 0 Å². The number of rotatable bonds is 3. The maximum absolute atomic E-state index is 5.99. The molecule has 0 amide bonds. The van der Waals surface area contributed by atoms with Gasteiger partial charge in [-0.3, -0.25) is 0 Å². The number of thioether (sulfide) groups is 1. The van der Waals surface area contributed by atoms with Crippen molar-refractivity contribution >= 4 is 35.0 Å². The van der Waals surface area contributed by atoms with Gasteiger partial charge < -0.3 is 0 Å². The van der Waals surface area contributed by atoms with Gasteiger partial charge in [0.15, 0.2) is 5.16 Å². The first-order chi connectivity index (χ1) is 6.60. The lowest BCUT2D eigenvalue weighted by molar-refractivity contribution is 0.882. The smallest absolute Gasteiger partial charge is 0.190 e. The molecule has 0 aliphatic rings. The van der Waals surface area contributed by atoms with Crippen LogP contribution in [0.25, 0.3) is 0 Å². The third kappa shape index (κ3) is 2.41. The summed E-state index contributed by atoms with van der Waals surface area (Å²) in [6.07, 6.45) is 3.63. The molecule has 14 heavy (non-hydrogen) atoms. The minimum absolute atomic E-state index is 0.0610. The minimum atomic E-state index is 0.0610. The topological polar surface area (TPSA) is 25.8 Å². The molecule has 1 rings (SSSR count). The minimum Gasteiger partial charge on any atom is -0.210 e. The number of hydrogen-bond acceptors (Lipinski definition) is 3. The molecule has 0 aliphatic heterocycles. The molecule has 1 unspecified atom stereocenters. The zero-order chi connectivity index (χ0) is 10.7. The van der Waals surface area contributed by atoms with E-state index in [-0.39, 0.29) is 5.92 Å². The van der Waals surface area contributed by atoms with E-state index < -0.39 is 0 Å². The number of aromatic nitrogens is 2. The van der Waals surface area contributed by atoms with Crippen molar-refractivity contribution < 1.29 is 0 Å². The van der Waals surface area contributed by atoms with Gasteiger partial charge in [0.2, 0.25) is 0 Å². The molecule has 2 nitrogen and oxygen atoms in total. The van der Waals surface area contributed by atoms with Crippen LogP contribution in [0.1, 0.15) is 18.4 Å². The Bertz CT molecular complexity index is 332. The van der Waals surface area contributed by atoms with Gasteiger partial charge in [0.25, 0.3) is 0 Å². The Morgan fingerprint density at radius 2 is 1.86 bits per heavy atom. The molecule has 0 bridgehead atoms. The first kappa shape index (κ1) is 11.8. The maximum Gasteiger partial charge on any atom is 0.190 e. The van der Waals surface area contributed by atoms with E-state index in [0.717, 1.165) is 5.56 Å². The zero-order valence-electron chi connectivity index (χ0n) is 7.92. The van der Waals surface area contributed by atoms with E-state index >= 15 is 0 Å². The average Bonchev–Trinajstić information content (AvgIpc) is 2.16. The summed E-state index contributed by atoms with van der Waals surface area (Å²) in [5.74, 6) is 0.0610. The Morgan fingerprint density at radius 1 is 1.36 bits per heavy atom. The lowest BCUT2D eigenvalue weighted by atomic mass is 10.1. The number of halogens is 2. The summed E-state index contributed by atoms with van der Waals surface area (Å²) in [6.45, 7) is 5.63. The van der Waals surface area contributed by atoms with Crippen molar-refractivity contribution in [3.05, 3.63) is 28.5 Å². The molecule has 1 aromatic rings. The van der Waals surface area contributed by atoms with Gasteiger partial charge in [-0.15, -0.1) is 6.58 Å². The van der Waals surface area contributed by atoms with Gasteiger partial charge in [-0.25, -0.2) is 9.97 Å². The van der Waals surface area contributed by atoms with Gasteiger partial charge in [-0.2, -0.15) is 0 Å². The summed E-state index contributed by atoms with van der Waals surface area (Å²) in [5, 5.41) is 1.39. The van der Waals surface area contributed by atoms with Crippen LogP contribution in [0.4, 0.5) is 0 Å². The Labute approximate surface area is 97.7 Å². The Hall–Kier alpha value is -0.250. The van der Waals surface area contributed by atoms with Gasteiger partial charge >= 0.3 is 0 Å². The van der Waals surface area contributed by atoms with Gasteiger partial charge in [-0.1, -0.05) is 48.0 Å². The van der Waals surface area contributed by atoms with Crippen LogP contribution in [0.15, 0.2) is 17.8 Å². The van der Waals surface area contributed by atoms with Crippen molar-refractivity contribution in [3.63, 3.8) is 0 Å². The van der Waals surface area contributed by atoms with Gasteiger partial charge in [-0.05, 0) is 6.26 Å². The van der Waals surface area contributed by atoms with Gasteiger partial charge in [0.05, 0.1) is 0 Å².